The van der Waals surface area contributed by atoms with Crippen LogP contribution in [-0.4, -0.2) is 7.11 Å². The molecule has 0 fully saturated rings. The maximum Gasteiger partial charge on any atom is 0.139 e. The van der Waals surface area contributed by atoms with Crippen molar-refractivity contribution in [1.82, 2.24) is 0 Å². The third-order valence-corrected chi connectivity index (χ3v) is 2.40. The fourth-order valence-electron chi connectivity index (χ4n) is 0.845. The second-order valence-corrected chi connectivity index (χ2v) is 3.45. The van der Waals surface area contributed by atoms with Crippen LogP contribution >= 0.6 is 23.4 Å². The zero-order valence-electron chi connectivity index (χ0n) is 6.87. The summed E-state index contributed by atoms with van der Waals surface area (Å²) in [7, 11) is 1.51. The molecule has 13 heavy (non-hydrogen) atoms. The first kappa shape index (κ1) is 10.0. The second-order valence-electron chi connectivity index (χ2n) is 2.22. The fourth-order valence-corrected chi connectivity index (χ4v) is 1.60. The highest BCUT2D eigenvalue weighted by Gasteiger charge is 2.06. The minimum absolute atomic E-state index is 0.453. The van der Waals surface area contributed by atoms with Gasteiger partial charge in [-0.1, -0.05) is 11.6 Å². The third-order valence-electron chi connectivity index (χ3n) is 1.44. The molecule has 3 nitrogen and oxygen atoms in total. The van der Waals surface area contributed by atoms with Gasteiger partial charge in [0.1, 0.15) is 11.2 Å². The SMILES string of the molecule is COc1cc(N)c(SC#N)cc1Cl. The Morgan fingerprint density at radius 3 is 2.85 bits per heavy atom. The number of thioether (sulfide) groups is 1. The molecule has 1 rings (SSSR count). The highest BCUT2D eigenvalue weighted by molar-refractivity contribution is 8.03. The predicted octanol–water partition coefficient (Wildman–Crippen LogP) is 2.50. The summed E-state index contributed by atoms with van der Waals surface area (Å²) in [5.74, 6) is 0.515. The highest BCUT2D eigenvalue weighted by atomic mass is 35.5. The standard InChI is InChI=1S/C8H7ClN2OS/c1-12-7-3-6(11)8(13-4-10)2-5(7)9/h2-3H,11H2,1H3. The molecule has 5 heteroatoms. The Labute approximate surface area is 85.4 Å². The van der Waals surface area contributed by atoms with E-state index >= 15 is 0 Å². The molecule has 0 aliphatic rings. The van der Waals surface area contributed by atoms with Crippen molar-refractivity contribution in [2.75, 3.05) is 12.8 Å². The number of hydrogen-bond acceptors (Lipinski definition) is 4. The van der Waals surface area contributed by atoms with Crippen LogP contribution in [0.5, 0.6) is 5.75 Å². The molecule has 2 N–H and O–H groups in total. The number of benzene rings is 1. The number of hydrogen-bond donors (Lipinski definition) is 1. The monoisotopic (exact) mass is 214 g/mol. The van der Waals surface area contributed by atoms with Crippen molar-refractivity contribution in [3.63, 3.8) is 0 Å². The fraction of sp³-hybridized carbons (Fsp3) is 0.125. The van der Waals surface area contributed by atoms with Crippen LogP contribution in [0, 0.1) is 10.7 Å². The third kappa shape index (κ3) is 2.20. The molecule has 68 valence electrons. The summed E-state index contributed by atoms with van der Waals surface area (Å²) in [5, 5.41) is 10.8. The van der Waals surface area contributed by atoms with Crippen molar-refractivity contribution >= 4 is 29.1 Å². The van der Waals surface area contributed by atoms with E-state index < -0.39 is 0 Å². The van der Waals surface area contributed by atoms with Crippen LogP contribution in [0.1, 0.15) is 0 Å². The maximum atomic E-state index is 8.44. The van der Waals surface area contributed by atoms with Crippen LogP contribution in [0.4, 0.5) is 5.69 Å². The van der Waals surface area contributed by atoms with Gasteiger partial charge in [-0.15, -0.1) is 0 Å². The summed E-state index contributed by atoms with van der Waals surface area (Å²) in [6.07, 6.45) is 0. The van der Waals surface area contributed by atoms with Crippen LogP contribution in [0.2, 0.25) is 5.02 Å². The number of methoxy groups -OCH3 is 1. The Morgan fingerprint density at radius 1 is 1.62 bits per heavy atom. The van der Waals surface area contributed by atoms with Gasteiger partial charge in [0.15, 0.2) is 0 Å². The van der Waals surface area contributed by atoms with Gasteiger partial charge >= 0.3 is 0 Å². The minimum Gasteiger partial charge on any atom is -0.495 e. The van der Waals surface area contributed by atoms with Gasteiger partial charge in [-0.05, 0) is 17.8 Å². The van der Waals surface area contributed by atoms with Crippen LogP contribution < -0.4 is 10.5 Å². The largest absolute Gasteiger partial charge is 0.495 e. The molecule has 1 aromatic carbocycles. The molecular formula is C8H7ClN2OS. The highest BCUT2D eigenvalue weighted by Crippen LogP contribution is 2.34. The maximum absolute atomic E-state index is 8.44. The van der Waals surface area contributed by atoms with Crippen molar-refractivity contribution in [3.05, 3.63) is 17.2 Å². The molecule has 0 aliphatic carbocycles. The zero-order valence-corrected chi connectivity index (χ0v) is 8.45. The normalized spacial score (nSPS) is 9.31. The number of rotatable bonds is 2. The lowest BCUT2D eigenvalue weighted by Gasteiger charge is -2.06. The van der Waals surface area contributed by atoms with E-state index in [9.17, 15) is 0 Å². The van der Waals surface area contributed by atoms with Crippen molar-refractivity contribution in [3.8, 4) is 11.2 Å². The van der Waals surface area contributed by atoms with E-state index in [0.717, 1.165) is 11.8 Å². The van der Waals surface area contributed by atoms with Crippen molar-refractivity contribution in [1.29, 1.82) is 5.26 Å². The molecule has 0 aromatic heterocycles. The lowest BCUT2D eigenvalue weighted by molar-refractivity contribution is 0.415. The molecule has 0 aliphatic heterocycles. The molecule has 0 saturated carbocycles. The molecule has 0 amide bonds. The number of nitrogen functional groups attached to an aromatic ring is 1. The van der Waals surface area contributed by atoms with Gasteiger partial charge in [0.2, 0.25) is 0 Å². The van der Waals surface area contributed by atoms with E-state index in [4.69, 9.17) is 27.3 Å². The summed E-state index contributed by atoms with van der Waals surface area (Å²) in [6, 6.07) is 3.21. The Kier molecular flexibility index (Phi) is 3.29. The average molecular weight is 215 g/mol. The molecule has 0 radical (unpaired) electrons. The summed E-state index contributed by atoms with van der Waals surface area (Å²) < 4.78 is 4.95. The number of nitrogens with zero attached hydrogens (tertiary/aromatic N) is 1. The summed E-state index contributed by atoms with van der Waals surface area (Å²) in [5.41, 5.74) is 6.13. The van der Waals surface area contributed by atoms with Crippen LogP contribution in [-0.2, 0) is 0 Å². The Bertz CT molecular complexity index is 362. The summed E-state index contributed by atoms with van der Waals surface area (Å²) in [4.78, 5) is 0.647. The molecule has 0 spiro atoms. The first-order valence-corrected chi connectivity index (χ1v) is 4.57. The number of halogens is 1. The van der Waals surface area contributed by atoms with Crippen molar-refractivity contribution in [2.45, 2.75) is 4.90 Å². The number of thiocyanates is 1. The zero-order chi connectivity index (χ0) is 9.84. The van der Waals surface area contributed by atoms with E-state index in [2.05, 4.69) is 0 Å². The number of ether oxygens (including phenoxy) is 1. The number of anilines is 1. The van der Waals surface area contributed by atoms with Crippen LogP contribution in [0.3, 0.4) is 0 Å². The Hall–Kier alpha value is -1.05. The second kappa shape index (κ2) is 4.26. The quantitative estimate of drug-likeness (QED) is 0.467. The van der Waals surface area contributed by atoms with E-state index in [-0.39, 0.29) is 0 Å². The molecule has 1 aromatic rings. The van der Waals surface area contributed by atoms with Gasteiger partial charge in [-0.2, -0.15) is 5.26 Å². The number of nitriles is 1. The van der Waals surface area contributed by atoms with E-state index in [1.54, 1.807) is 12.1 Å². The van der Waals surface area contributed by atoms with Crippen molar-refractivity contribution in [2.24, 2.45) is 0 Å². The number of nitrogens with two attached hydrogens (primary N) is 1. The first-order chi connectivity index (χ1) is 6.19. The van der Waals surface area contributed by atoms with Crippen LogP contribution in [0.25, 0.3) is 0 Å². The van der Waals surface area contributed by atoms with Gasteiger partial charge in [0.25, 0.3) is 0 Å². The summed E-state index contributed by atoms with van der Waals surface area (Å²) >= 11 is 6.81. The molecule has 0 atom stereocenters. The minimum atomic E-state index is 0.453. The Balaban J connectivity index is 3.14. The molecule has 0 unspecified atom stereocenters. The lowest BCUT2D eigenvalue weighted by Crippen LogP contribution is -1.91. The van der Waals surface area contributed by atoms with E-state index in [1.807, 2.05) is 5.40 Å². The first-order valence-electron chi connectivity index (χ1n) is 3.38. The van der Waals surface area contributed by atoms with E-state index in [1.165, 1.54) is 7.11 Å². The van der Waals surface area contributed by atoms with Gasteiger partial charge in [-0.25, -0.2) is 0 Å². The molecule has 0 bridgehead atoms. The van der Waals surface area contributed by atoms with Gasteiger partial charge < -0.3 is 10.5 Å². The molecule has 0 heterocycles. The smallest absolute Gasteiger partial charge is 0.139 e. The van der Waals surface area contributed by atoms with Gasteiger partial charge in [0.05, 0.1) is 17.8 Å². The topological polar surface area (TPSA) is 59.0 Å². The average Bonchev–Trinajstić information content (AvgIpc) is 2.11. The van der Waals surface area contributed by atoms with Gasteiger partial charge in [0, 0.05) is 11.0 Å². The lowest BCUT2D eigenvalue weighted by atomic mass is 10.3. The van der Waals surface area contributed by atoms with E-state index in [0.29, 0.717) is 21.4 Å². The van der Waals surface area contributed by atoms with Crippen LogP contribution in [0.15, 0.2) is 17.0 Å². The Morgan fingerprint density at radius 2 is 2.31 bits per heavy atom. The van der Waals surface area contributed by atoms with Gasteiger partial charge in [-0.3, -0.25) is 0 Å². The van der Waals surface area contributed by atoms with Crippen molar-refractivity contribution < 1.29 is 4.74 Å². The predicted molar refractivity (Wildman–Crippen MR) is 53.9 cm³/mol. The summed E-state index contributed by atoms with van der Waals surface area (Å²) in [6.45, 7) is 0. The molecule has 0 saturated heterocycles. The molecular weight excluding hydrogens is 208 g/mol.